The molecule has 0 radical (unpaired) electrons. The molecule has 4 rings (SSSR count). The van der Waals surface area contributed by atoms with Crippen LogP contribution in [0.3, 0.4) is 0 Å². The second kappa shape index (κ2) is 5.52. The summed E-state index contributed by atoms with van der Waals surface area (Å²) in [5.74, 6) is -0.173. The Hall–Kier alpha value is -3.54. The van der Waals surface area contributed by atoms with Gasteiger partial charge in [-0.1, -0.05) is 18.2 Å². The lowest BCUT2D eigenvalue weighted by molar-refractivity contribution is 0.103. The van der Waals surface area contributed by atoms with E-state index < -0.39 is 6.09 Å². The van der Waals surface area contributed by atoms with Gasteiger partial charge < -0.3 is 15.1 Å². The van der Waals surface area contributed by atoms with E-state index in [1.165, 1.54) is 0 Å². The van der Waals surface area contributed by atoms with Crippen molar-refractivity contribution in [2.75, 3.05) is 5.32 Å². The molecule has 0 aliphatic heterocycles. The first-order chi connectivity index (χ1) is 12.0. The van der Waals surface area contributed by atoms with Gasteiger partial charge in [0.05, 0.1) is 17.1 Å². The van der Waals surface area contributed by atoms with Gasteiger partial charge in [0, 0.05) is 21.8 Å². The summed E-state index contributed by atoms with van der Waals surface area (Å²) in [7, 11) is 0. The normalized spacial score (nSPS) is 11.1. The molecule has 0 aliphatic rings. The number of benzene rings is 2. The van der Waals surface area contributed by atoms with Gasteiger partial charge in [-0.3, -0.25) is 10.1 Å². The third-order valence-electron chi connectivity index (χ3n) is 4.28. The van der Waals surface area contributed by atoms with Crippen LogP contribution in [0.25, 0.3) is 21.8 Å². The van der Waals surface area contributed by atoms with E-state index in [1.54, 1.807) is 24.3 Å². The molecule has 6 heteroatoms. The van der Waals surface area contributed by atoms with Crippen molar-refractivity contribution in [2.45, 2.75) is 6.92 Å². The fourth-order valence-electron chi connectivity index (χ4n) is 3.08. The van der Waals surface area contributed by atoms with E-state index in [0.717, 1.165) is 16.5 Å². The smallest absolute Gasteiger partial charge is 0.409 e. The molecule has 0 spiro atoms. The molecule has 1 amide bonds. The SMILES string of the molecule is Cc1cccc2[nH]c(C(=O)c3cc4c(NC(=O)O)cccc4[nH]3)cc12. The van der Waals surface area contributed by atoms with Crippen LogP contribution in [0.2, 0.25) is 0 Å². The van der Waals surface area contributed by atoms with Gasteiger partial charge in [0.25, 0.3) is 0 Å². The highest BCUT2D eigenvalue weighted by Crippen LogP contribution is 2.26. The van der Waals surface area contributed by atoms with Crippen LogP contribution in [0.4, 0.5) is 10.5 Å². The molecule has 0 bridgehead atoms. The fourth-order valence-corrected chi connectivity index (χ4v) is 3.08. The number of hydrogen-bond donors (Lipinski definition) is 4. The van der Waals surface area contributed by atoms with Crippen LogP contribution < -0.4 is 5.32 Å². The average Bonchev–Trinajstić information content (AvgIpc) is 3.19. The van der Waals surface area contributed by atoms with Crippen molar-refractivity contribution in [2.24, 2.45) is 0 Å². The largest absolute Gasteiger partial charge is 0.465 e. The lowest BCUT2D eigenvalue weighted by atomic mass is 10.1. The van der Waals surface area contributed by atoms with Gasteiger partial charge in [-0.25, -0.2) is 4.79 Å². The monoisotopic (exact) mass is 333 g/mol. The molecule has 25 heavy (non-hydrogen) atoms. The molecule has 0 aliphatic carbocycles. The Morgan fingerprint density at radius 1 is 0.920 bits per heavy atom. The fraction of sp³-hybridized carbons (Fsp3) is 0.0526. The molecule has 0 atom stereocenters. The second-order valence-corrected chi connectivity index (χ2v) is 5.93. The number of carbonyl (C=O) groups is 2. The maximum absolute atomic E-state index is 12.8. The Morgan fingerprint density at radius 2 is 1.52 bits per heavy atom. The van der Waals surface area contributed by atoms with E-state index in [-0.39, 0.29) is 5.78 Å². The molecule has 6 nitrogen and oxygen atoms in total. The van der Waals surface area contributed by atoms with E-state index in [0.29, 0.717) is 28.0 Å². The van der Waals surface area contributed by atoms with E-state index >= 15 is 0 Å². The molecule has 0 unspecified atom stereocenters. The number of aromatic amines is 2. The van der Waals surface area contributed by atoms with Crippen molar-refractivity contribution in [3.05, 3.63) is 65.5 Å². The van der Waals surface area contributed by atoms with E-state index in [4.69, 9.17) is 5.11 Å². The number of carbonyl (C=O) groups excluding carboxylic acids is 1. The van der Waals surface area contributed by atoms with Crippen LogP contribution >= 0.6 is 0 Å². The highest BCUT2D eigenvalue weighted by molar-refractivity contribution is 6.12. The number of hydrogen-bond acceptors (Lipinski definition) is 2. The maximum atomic E-state index is 12.8. The minimum Gasteiger partial charge on any atom is -0.465 e. The van der Waals surface area contributed by atoms with Crippen molar-refractivity contribution < 1.29 is 14.7 Å². The Bertz CT molecular complexity index is 1140. The Labute approximate surface area is 142 Å². The minimum absolute atomic E-state index is 0.173. The summed E-state index contributed by atoms with van der Waals surface area (Å²) < 4.78 is 0. The van der Waals surface area contributed by atoms with Crippen molar-refractivity contribution in [1.29, 1.82) is 0 Å². The first-order valence-electron chi connectivity index (χ1n) is 7.77. The van der Waals surface area contributed by atoms with Crippen molar-refractivity contribution in [1.82, 2.24) is 9.97 Å². The molecule has 4 aromatic rings. The van der Waals surface area contributed by atoms with E-state index in [9.17, 15) is 9.59 Å². The molecule has 2 aromatic heterocycles. The number of anilines is 1. The van der Waals surface area contributed by atoms with E-state index in [2.05, 4.69) is 15.3 Å². The van der Waals surface area contributed by atoms with Gasteiger partial charge in [-0.15, -0.1) is 0 Å². The topological polar surface area (TPSA) is 98.0 Å². The van der Waals surface area contributed by atoms with Crippen LogP contribution in [-0.4, -0.2) is 27.0 Å². The van der Waals surface area contributed by atoms with Gasteiger partial charge in [0.2, 0.25) is 5.78 Å². The Morgan fingerprint density at radius 3 is 2.16 bits per heavy atom. The summed E-state index contributed by atoms with van der Waals surface area (Å²) in [6.45, 7) is 2.00. The summed E-state index contributed by atoms with van der Waals surface area (Å²) in [5, 5.41) is 12.9. The van der Waals surface area contributed by atoms with Crippen molar-refractivity contribution in [3.8, 4) is 0 Å². The summed E-state index contributed by atoms with van der Waals surface area (Å²) in [5.41, 5.74) is 4.03. The lowest BCUT2D eigenvalue weighted by Crippen LogP contribution is -2.07. The third-order valence-corrected chi connectivity index (χ3v) is 4.28. The number of aromatic nitrogens is 2. The Kier molecular flexibility index (Phi) is 3.32. The zero-order valence-electron chi connectivity index (χ0n) is 13.4. The standard InChI is InChI=1S/C19H15N3O3/c1-10-4-2-5-13-11(10)8-16(20-13)18(23)17-9-12-14(21-17)6-3-7-15(12)22-19(24)25/h2-9,20-22H,1H3,(H,24,25). The second-order valence-electron chi connectivity index (χ2n) is 5.93. The number of aryl methyl sites for hydroxylation is 1. The van der Waals surface area contributed by atoms with Crippen LogP contribution in [-0.2, 0) is 0 Å². The first kappa shape index (κ1) is 15.0. The van der Waals surface area contributed by atoms with Crippen LogP contribution in [0.15, 0.2) is 48.5 Å². The number of rotatable bonds is 3. The van der Waals surface area contributed by atoms with Crippen molar-refractivity contribution in [3.63, 3.8) is 0 Å². The summed E-state index contributed by atoms with van der Waals surface area (Å²) in [6, 6.07) is 14.6. The third kappa shape index (κ3) is 2.53. The van der Waals surface area contributed by atoms with Crippen LogP contribution in [0.5, 0.6) is 0 Å². The molecule has 0 saturated carbocycles. The highest BCUT2D eigenvalue weighted by Gasteiger charge is 2.16. The van der Waals surface area contributed by atoms with Gasteiger partial charge in [-0.05, 0) is 42.8 Å². The van der Waals surface area contributed by atoms with Crippen LogP contribution in [0.1, 0.15) is 21.7 Å². The van der Waals surface area contributed by atoms with Gasteiger partial charge in [0.15, 0.2) is 0 Å². The highest BCUT2D eigenvalue weighted by atomic mass is 16.4. The number of ketones is 1. The van der Waals surface area contributed by atoms with E-state index in [1.807, 2.05) is 31.2 Å². The van der Waals surface area contributed by atoms with Gasteiger partial charge in [0.1, 0.15) is 0 Å². The minimum atomic E-state index is -1.15. The summed E-state index contributed by atoms with van der Waals surface area (Å²) in [4.78, 5) is 30.0. The number of amides is 1. The molecule has 0 fully saturated rings. The molecule has 2 heterocycles. The predicted octanol–water partition coefficient (Wildman–Crippen LogP) is 4.28. The maximum Gasteiger partial charge on any atom is 0.409 e. The van der Waals surface area contributed by atoms with Gasteiger partial charge in [-0.2, -0.15) is 0 Å². The average molecular weight is 333 g/mol. The number of fused-ring (bicyclic) bond motifs is 2. The number of H-pyrrole nitrogens is 2. The van der Waals surface area contributed by atoms with Gasteiger partial charge >= 0.3 is 6.09 Å². The summed E-state index contributed by atoms with van der Waals surface area (Å²) in [6.07, 6.45) is -1.15. The molecule has 2 aromatic carbocycles. The Balaban J connectivity index is 1.79. The first-order valence-corrected chi connectivity index (χ1v) is 7.77. The molecule has 0 saturated heterocycles. The molecule has 4 N–H and O–H groups in total. The lowest BCUT2D eigenvalue weighted by Gasteiger charge is -2.01. The molecular formula is C19H15N3O3. The number of carboxylic acid groups (broad SMARTS) is 1. The molecular weight excluding hydrogens is 318 g/mol. The predicted molar refractivity (Wildman–Crippen MR) is 96.4 cm³/mol. The van der Waals surface area contributed by atoms with Crippen LogP contribution in [0, 0.1) is 6.92 Å². The number of nitrogens with one attached hydrogen (secondary N) is 3. The zero-order chi connectivity index (χ0) is 17.6. The zero-order valence-corrected chi connectivity index (χ0v) is 13.4. The molecule has 124 valence electrons. The summed E-state index contributed by atoms with van der Waals surface area (Å²) >= 11 is 0. The quantitative estimate of drug-likeness (QED) is 0.421. The van der Waals surface area contributed by atoms with Crippen molar-refractivity contribution >= 4 is 39.4 Å².